The van der Waals surface area contributed by atoms with Crippen LogP contribution < -0.4 is 5.32 Å². The van der Waals surface area contributed by atoms with Crippen molar-refractivity contribution in [3.05, 3.63) is 29.8 Å². The normalized spacial score (nSPS) is 19.4. The Kier molecular flexibility index (Phi) is 3.54. The van der Waals surface area contributed by atoms with Crippen LogP contribution in [0.3, 0.4) is 0 Å². The van der Waals surface area contributed by atoms with Gasteiger partial charge in [0.05, 0.1) is 11.9 Å². The molecule has 0 aromatic carbocycles. The van der Waals surface area contributed by atoms with Crippen LogP contribution >= 0.6 is 0 Å². The van der Waals surface area contributed by atoms with E-state index >= 15 is 0 Å². The van der Waals surface area contributed by atoms with Crippen molar-refractivity contribution in [1.29, 1.82) is 0 Å². The Morgan fingerprint density at radius 1 is 1.44 bits per heavy atom. The van der Waals surface area contributed by atoms with Crippen LogP contribution in [0.4, 0.5) is 4.39 Å². The maximum absolute atomic E-state index is 12.7. The Labute approximate surface area is 96.3 Å². The third kappa shape index (κ3) is 3.27. The molecule has 1 heterocycles. The summed E-state index contributed by atoms with van der Waals surface area (Å²) in [7, 11) is 0. The molecule has 0 spiro atoms. The van der Waals surface area contributed by atoms with Crippen molar-refractivity contribution < 1.29 is 4.39 Å². The van der Waals surface area contributed by atoms with E-state index in [1.165, 1.54) is 31.5 Å². The standard InChI is InChI=1S/C13H19FN2/c1-9(7-11-3-4-11)16-10(2)13-6-5-12(14)8-15-13/h5-6,8-11,16H,3-4,7H2,1-2H3. The maximum Gasteiger partial charge on any atom is 0.141 e. The minimum absolute atomic E-state index is 0.189. The zero-order valence-corrected chi connectivity index (χ0v) is 9.91. The van der Waals surface area contributed by atoms with E-state index in [0.29, 0.717) is 6.04 Å². The molecule has 2 rings (SSSR count). The molecule has 0 bridgehead atoms. The summed E-state index contributed by atoms with van der Waals surface area (Å²) in [4.78, 5) is 4.09. The number of rotatable bonds is 5. The average Bonchev–Trinajstić information content (AvgIpc) is 3.02. The van der Waals surface area contributed by atoms with Crippen molar-refractivity contribution >= 4 is 0 Å². The molecule has 1 aromatic heterocycles. The first-order valence-electron chi connectivity index (χ1n) is 6.02. The Morgan fingerprint density at radius 3 is 2.75 bits per heavy atom. The van der Waals surface area contributed by atoms with Crippen LogP contribution in [0, 0.1) is 11.7 Å². The monoisotopic (exact) mass is 222 g/mol. The van der Waals surface area contributed by atoms with Crippen molar-refractivity contribution in [2.24, 2.45) is 5.92 Å². The smallest absolute Gasteiger partial charge is 0.141 e. The van der Waals surface area contributed by atoms with Gasteiger partial charge in [-0.15, -0.1) is 0 Å². The Hall–Kier alpha value is -0.960. The van der Waals surface area contributed by atoms with Crippen LogP contribution in [-0.2, 0) is 0 Å². The zero-order chi connectivity index (χ0) is 11.5. The second-order valence-electron chi connectivity index (χ2n) is 4.87. The molecule has 88 valence electrons. The zero-order valence-electron chi connectivity index (χ0n) is 9.91. The van der Waals surface area contributed by atoms with E-state index < -0.39 is 0 Å². The summed E-state index contributed by atoms with van der Waals surface area (Å²) in [6.45, 7) is 4.28. The highest BCUT2D eigenvalue weighted by atomic mass is 19.1. The van der Waals surface area contributed by atoms with Crippen LogP contribution in [0.1, 0.15) is 44.8 Å². The lowest BCUT2D eigenvalue weighted by molar-refractivity contribution is 0.432. The maximum atomic E-state index is 12.7. The number of hydrogen-bond acceptors (Lipinski definition) is 2. The lowest BCUT2D eigenvalue weighted by atomic mass is 10.1. The lowest BCUT2D eigenvalue weighted by Gasteiger charge is -2.19. The van der Waals surface area contributed by atoms with Gasteiger partial charge in [0.1, 0.15) is 5.82 Å². The number of aromatic nitrogens is 1. The molecule has 3 heteroatoms. The number of hydrogen-bond donors (Lipinski definition) is 1. The highest BCUT2D eigenvalue weighted by Gasteiger charge is 2.24. The molecule has 1 aromatic rings. The van der Waals surface area contributed by atoms with Gasteiger partial charge >= 0.3 is 0 Å². The molecule has 1 aliphatic carbocycles. The highest BCUT2D eigenvalue weighted by Crippen LogP contribution is 2.33. The molecule has 1 fully saturated rings. The van der Waals surface area contributed by atoms with E-state index in [2.05, 4.69) is 24.1 Å². The van der Waals surface area contributed by atoms with E-state index in [1.54, 1.807) is 6.07 Å². The van der Waals surface area contributed by atoms with Crippen LogP contribution in [0.15, 0.2) is 18.3 Å². The van der Waals surface area contributed by atoms with Gasteiger partial charge in [-0.2, -0.15) is 0 Å². The van der Waals surface area contributed by atoms with Gasteiger partial charge in [0.2, 0.25) is 0 Å². The molecule has 0 saturated heterocycles. The molecular formula is C13H19FN2. The molecule has 2 unspecified atom stereocenters. The molecule has 0 amide bonds. The summed E-state index contributed by atoms with van der Waals surface area (Å²) in [5.74, 6) is 0.651. The highest BCUT2D eigenvalue weighted by molar-refractivity contribution is 5.09. The summed E-state index contributed by atoms with van der Waals surface area (Å²) >= 11 is 0. The van der Waals surface area contributed by atoms with Gasteiger partial charge in [-0.1, -0.05) is 12.8 Å². The van der Waals surface area contributed by atoms with E-state index in [-0.39, 0.29) is 11.9 Å². The van der Waals surface area contributed by atoms with Crippen molar-refractivity contribution in [1.82, 2.24) is 10.3 Å². The predicted octanol–water partition coefficient (Wildman–Crippen LogP) is 3.06. The minimum atomic E-state index is -0.276. The van der Waals surface area contributed by atoms with E-state index in [1.807, 2.05) is 0 Å². The largest absolute Gasteiger partial charge is 0.306 e. The quantitative estimate of drug-likeness (QED) is 0.828. The molecule has 0 aliphatic heterocycles. The van der Waals surface area contributed by atoms with Crippen LogP contribution in [0.25, 0.3) is 0 Å². The Bertz CT molecular complexity index is 332. The second kappa shape index (κ2) is 4.91. The molecule has 1 saturated carbocycles. The van der Waals surface area contributed by atoms with E-state index in [0.717, 1.165) is 11.6 Å². The molecule has 2 nitrogen and oxygen atoms in total. The summed E-state index contributed by atoms with van der Waals surface area (Å²) in [6, 6.07) is 3.91. The van der Waals surface area contributed by atoms with Crippen LogP contribution in [0.5, 0.6) is 0 Å². The van der Waals surface area contributed by atoms with Gasteiger partial charge in [-0.3, -0.25) is 4.98 Å². The van der Waals surface area contributed by atoms with Crippen LogP contribution in [0.2, 0.25) is 0 Å². The molecule has 16 heavy (non-hydrogen) atoms. The SMILES string of the molecule is CC(CC1CC1)NC(C)c1ccc(F)cn1. The first kappa shape index (κ1) is 11.5. The molecule has 1 N–H and O–H groups in total. The number of nitrogens with zero attached hydrogens (tertiary/aromatic N) is 1. The molecule has 2 atom stereocenters. The van der Waals surface area contributed by atoms with Crippen molar-refractivity contribution in [3.8, 4) is 0 Å². The Balaban J connectivity index is 1.85. The van der Waals surface area contributed by atoms with Gasteiger partial charge in [0.15, 0.2) is 0 Å². The predicted molar refractivity (Wildman–Crippen MR) is 62.5 cm³/mol. The topological polar surface area (TPSA) is 24.9 Å². The number of halogens is 1. The first-order chi connectivity index (χ1) is 7.65. The van der Waals surface area contributed by atoms with Crippen molar-refractivity contribution in [2.45, 2.75) is 45.2 Å². The van der Waals surface area contributed by atoms with Gasteiger partial charge in [0.25, 0.3) is 0 Å². The summed E-state index contributed by atoms with van der Waals surface area (Å²) in [5.41, 5.74) is 0.907. The van der Waals surface area contributed by atoms with Gasteiger partial charge in [-0.05, 0) is 38.3 Å². The minimum Gasteiger partial charge on any atom is -0.306 e. The van der Waals surface area contributed by atoms with Gasteiger partial charge in [0, 0.05) is 12.1 Å². The van der Waals surface area contributed by atoms with Gasteiger partial charge in [-0.25, -0.2) is 4.39 Å². The fourth-order valence-electron chi connectivity index (χ4n) is 2.08. The van der Waals surface area contributed by atoms with Gasteiger partial charge < -0.3 is 5.32 Å². The Morgan fingerprint density at radius 2 is 2.19 bits per heavy atom. The third-order valence-electron chi connectivity index (χ3n) is 3.11. The average molecular weight is 222 g/mol. The fourth-order valence-corrected chi connectivity index (χ4v) is 2.08. The molecular weight excluding hydrogens is 203 g/mol. The van der Waals surface area contributed by atoms with E-state index in [9.17, 15) is 4.39 Å². The van der Waals surface area contributed by atoms with E-state index in [4.69, 9.17) is 0 Å². The summed E-state index contributed by atoms with van der Waals surface area (Å²) in [6.07, 6.45) is 5.29. The second-order valence-corrected chi connectivity index (χ2v) is 4.87. The lowest BCUT2D eigenvalue weighted by Crippen LogP contribution is -2.29. The fraction of sp³-hybridized carbons (Fsp3) is 0.615. The number of pyridine rings is 1. The number of nitrogens with one attached hydrogen (secondary N) is 1. The first-order valence-corrected chi connectivity index (χ1v) is 6.02. The van der Waals surface area contributed by atoms with Crippen molar-refractivity contribution in [3.63, 3.8) is 0 Å². The summed E-state index contributed by atoms with van der Waals surface area (Å²) in [5, 5.41) is 3.50. The molecule has 1 aliphatic rings. The van der Waals surface area contributed by atoms with Crippen LogP contribution in [-0.4, -0.2) is 11.0 Å². The third-order valence-corrected chi connectivity index (χ3v) is 3.11. The van der Waals surface area contributed by atoms with Crippen molar-refractivity contribution in [2.75, 3.05) is 0 Å². The summed E-state index contributed by atoms with van der Waals surface area (Å²) < 4.78 is 12.7. The molecule has 0 radical (unpaired) electrons.